The average molecular weight is 778 g/mol. The molecule has 4 aliphatic heterocycles. The smallest absolute Gasteiger partial charge is 0.325 e. The van der Waals surface area contributed by atoms with Gasteiger partial charge < -0.3 is 24.4 Å². The number of piperidine rings is 1. The highest BCUT2D eigenvalue weighted by molar-refractivity contribution is 6.42. The molecule has 5 heterocycles. The quantitative estimate of drug-likeness (QED) is 0.276. The summed E-state index contributed by atoms with van der Waals surface area (Å²) in [6, 6.07) is 13.6. The van der Waals surface area contributed by atoms with Crippen LogP contribution in [0.4, 0.5) is 0 Å². The first-order valence-corrected chi connectivity index (χ1v) is 18.8. The molecule has 3 aromatic rings. The predicted molar refractivity (Wildman–Crippen MR) is 201 cm³/mol. The molecule has 0 radical (unpaired) electrons. The van der Waals surface area contributed by atoms with Crippen LogP contribution in [0, 0.1) is 0 Å². The number of amides is 2. The fourth-order valence-electron chi connectivity index (χ4n) is 8.09. The van der Waals surface area contributed by atoms with Crippen LogP contribution in [0.15, 0.2) is 76.4 Å². The summed E-state index contributed by atoms with van der Waals surface area (Å²) in [6.07, 6.45) is 7.48. The largest absolute Gasteiger partial charge is 0.496 e. The van der Waals surface area contributed by atoms with Gasteiger partial charge in [-0.25, -0.2) is 5.01 Å². The molecule has 0 bridgehead atoms. The number of methoxy groups -OCH3 is 1. The minimum atomic E-state index is -1.05. The fourth-order valence-corrected chi connectivity index (χ4v) is 8.39. The molecule has 1 aromatic heterocycles. The Morgan fingerprint density at radius 2 is 1.78 bits per heavy atom. The zero-order valence-electron chi connectivity index (χ0n) is 29.9. The van der Waals surface area contributed by atoms with Crippen molar-refractivity contribution in [2.45, 2.75) is 48.6 Å². The number of rotatable bonds is 11. The monoisotopic (exact) mass is 776 g/mol. The van der Waals surface area contributed by atoms with E-state index in [1.807, 2.05) is 41.3 Å². The van der Waals surface area contributed by atoms with Crippen molar-refractivity contribution in [3.8, 4) is 5.75 Å². The summed E-state index contributed by atoms with van der Waals surface area (Å²) >= 11 is 12.9. The van der Waals surface area contributed by atoms with Gasteiger partial charge in [-0.15, -0.1) is 5.10 Å². The second-order valence-corrected chi connectivity index (χ2v) is 15.0. The number of carboxylic acids is 1. The first-order chi connectivity index (χ1) is 26.1. The highest BCUT2D eigenvalue weighted by Gasteiger charge is 2.46. The van der Waals surface area contributed by atoms with Gasteiger partial charge in [0, 0.05) is 37.4 Å². The Morgan fingerprint density at radius 3 is 2.48 bits per heavy atom. The second-order valence-electron chi connectivity index (χ2n) is 14.2. The van der Waals surface area contributed by atoms with Crippen molar-refractivity contribution < 1.29 is 29.0 Å². The van der Waals surface area contributed by atoms with Crippen LogP contribution in [0.5, 0.6) is 5.75 Å². The number of carbonyl (C=O) groups excluding carboxylic acids is 2. The number of aromatic nitrogens is 1. The molecule has 0 spiro atoms. The first kappa shape index (κ1) is 37.8. The van der Waals surface area contributed by atoms with Gasteiger partial charge in [-0.2, -0.15) is 5.11 Å². The summed E-state index contributed by atoms with van der Waals surface area (Å²) in [5, 5.41) is 23.9. The number of hydrazine groups is 1. The summed E-state index contributed by atoms with van der Waals surface area (Å²) in [4.78, 5) is 48.7. The lowest BCUT2D eigenvalue weighted by Crippen LogP contribution is -2.62. The number of halogens is 2. The summed E-state index contributed by atoms with van der Waals surface area (Å²) in [5.74, 6) is -0.949. The van der Waals surface area contributed by atoms with Crippen molar-refractivity contribution in [2.24, 2.45) is 15.4 Å². The number of benzene rings is 2. The number of aliphatic carboxylic acids is 1. The van der Waals surface area contributed by atoms with E-state index in [0.29, 0.717) is 80.0 Å². The molecular weight excluding hydrogens is 735 g/mol. The minimum Gasteiger partial charge on any atom is -0.496 e. The molecule has 2 N–H and O–H groups in total. The Kier molecular flexibility index (Phi) is 11.3. The molecule has 54 heavy (non-hydrogen) atoms. The number of hydrogen-bond donors (Lipinski definition) is 2. The van der Waals surface area contributed by atoms with Gasteiger partial charge in [-0.1, -0.05) is 35.3 Å². The Labute approximate surface area is 323 Å². The third-order valence-electron chi connectivity index (χ3n) is 11.3. The number of likely N-dealkylation sites (tertiary alicyclic amines) is 2. The lowest BCUT2D eigenvalue weighted by Gasteiger charge is -2.43. The first-order valence-electron chi connectivity index (χ1n) is 18.0. The SMILES string of the molecule is COc1ccc(C2C=NN=N2)cc1C(=O)N1CCC(CCN2CCC(C(=O)NN3CCOCC3C(=O)O)(c3ccncc3)CC2)(c2ccc(Cl)c(Cl)c2)C1. The van der Waals surface area contributed by atoms with Crippen LogP contribution in [0.1, 0.15) is 58.8 Å². The molecule has 14 nitrogen and oxygen atoms in total. The molecule has 0 aliphatic carbocycles. The van der Waals surface area contributed by atoms with Crippen LogP contribution in [0.2, 0.25) is 10.0 Å². The van der Waals surface area contributed by atoms with Crippen LogP contribution >= 0.6 is 23.2 Å². The van der Waals surface area contributed by atoms with Gasteiger partial charge in [0.15, 0.2) is 0 Å². The maximum Gasteiger partial charge on any atom is 0.325 e. The normalized spacial score (nSPS) is 24.1. The van der Waals surface area contributed by atoms with Gasteiger partial charge in [0.25, 0.3) is 5.91 Å². The van der Waals surface area contributed by atoms with E-state index in [-0.39, 0.29) is 31.0 Å². The third-order valence-corrected chi connectivity index (χ3v) is 12.1. The fraction of sp³-hybridized carbons (Fsp3) is 0.447. The van der Waals surface area contributed by atoms with Gasteiger partial charge >= 0.3 is 5.97 Å². The second kappa shape index (κ2) is 16.1. The average Bonchev–Trinajstić information content (AvgIpc) is 3.90. The van der Waals surface area contributed by atoms with E-state index < -0.39 is 22.8 Å². The standard InChI is InChI=1S/C38H42Cl2N8O6/c1-53-33-5-2-25(31-22-42-45-43-31)20-28(33)34(49)47-17-9-37(24-47,27-3-4-29(39)30(40)21-27)8-14-46-15-10-38(11-16-46,26-6-12-41-13-7-26)36(52)44-48-18-19-54-23-32(48)35(50)51/h2-7,12-13,20-22,31-32H,8-11,14-19,23-24H2,1H3,(H,44,52)(H,50,51). The van der Waals surface area contributed by atoms with Crippen molar-refractivity contribution in [3.63, 3.8) is 0 Å². The third kappa shape index (κ3) is 7.58. The van der Waals surface area contributed by atoms with Crippen LogP contribution in [0.3, 0.4) is 0 Å². The molecule has 4 aliphatic rings. The molecule has 0 saturated carbocycles. The number of hydrogen-bond acceptors (Lipinski definition) is 11. The Balaban J connectivity index is 1.09. The maximum absolute atomic E-state index is 14.2. The van der Waals surface area contributed by atoms with E-state index >= 15 is 0 Å². The Morgan fingerprint density at radius 1 is 0.981 bits per heavy atom. The highest BCUT2D eigenvalue weighted by atomic mass is 35.5. The molecule has 16 heteroatoms. The maximum atomic E-state index is 14.2. The molecule has 3 atom stereocenters. The van der Waals surface area contributed by atoms with E-state index in [0.717, 1.165) is 23.1 Å². The Bertz CT molecular complexity index is 1930. The number of pyridine rings is 1. The van der Waals surface area contributed by atoms with Crippen LogP contribution in [-0.4, -0.2) is 115 Å². The van der Waals surface area contributed by atoms with Crippen molar-refractivity contribution >= 4 is 47.2 Å². The number of carboxylic acid groups (broad SMARTS) is 1. The number of nitrogens with one attached hydrogen (secondary N) is 1. The molecule has 3 fully saturated rings. The lowest BCUT2D eigenvalue weighted by molar-refractivity contribution is -0.156. The highest BCUT2D eigenvalue weighted by Crippen LogP contribution is 2.43. The lowest BCUT2D eigenvalue weighted by atomic mass is 9.72. The zero-order valence-corrected chi connectivity index (χ0v) is 31.4. The topological polar surface area (TPSA) is 162 Å². The number of ether oxygens (including phenoxy) is 2. The van der Waals surface area contributed by atoms with Crippen molar-refractivity contribution in [2.75, 3.05) is 59.6 Å². The number of morpholine rings is 1. The summed E-state index contributed by atoms with van der Waals surface area (Å²) in [6.45, 7) is 3.57. The Hall–Kier alpha value is -4.47. The van der Waals surface area contributed by atoms with Crippen LogP contribution in [-0.2, 0) is 25.2 Å². The molecule has 2 aromatic carbocycles. The number of nitrogens with zero attached hydrogens (tertiary/aromatic N) is 7. The summed E-state index contributed by atoms with van der Waals surface area (Å²) in [5.41, 5.74) is 4.76. The van der Waals surface area contributed by atoms with E-state index in [1.54, 1.807) is 37.9 Å². The summed E-state index contributed by atoms with van der Waals surface area (Å²) in [7, 11) is 1.55. The van der Waals surface area contributed by atoms with Crippen molar-refractivity contribution in [1.82, 2.24) is 25.2 Å². The van der Waals surface area contributed by atoms with E-state index in [9.17, 15) is 19.5 Å². The van der Waals surface area contributed by atoms with E-state index in [2.05, 4.69) is 30.7 Å². The predicted octanol–water partition coefficient (Wildman–Crippen LogP) is 4.91. The van der Waals surface area contributed by atoms with Crippen LogP contribution in [0.25, 0.3) is 0 Å². The number of carbonyl (C=O) groups is 3. The van der Waals surface area contributed by atoms with Gasteiger partial charge in [-0.05, 0) is 104 Å². The molecule has 7 rings (SSSR count). The van der Waals surface area contributed by atoms with Gasteiger partial charge in [-0.3, -0.25) is 24.8 Å². The minimum absolute atomic E-state index is 0.00223. The molecule has 2 amide bonds. The summed E-state index contributed by atoms with van der Waals surface area (Å²) < 4.78 is 11.0. The van der Waals surface area contributed by atoms with Crippen molar-refractivity contribution in [1.29, 1.82) is 0 Å². The molecule has 3 unspecified atom stereocenters. The van der Waals surface area contributed by atoms with Crippen LogP contribution < -0.4 is 10.2 Å². The van der Waals surface area contributed by atoms with Gasteiger partial charge in [0.1, 0.15) is 17.8 Å². The van der Waals surface area contributed by atoms with E-state index in [4.69, 9.17) is 32.7 Å². The van der Waals surface area contributed by atoms with Crippen molar-refractivity contribution in [3.05, 3.63) is 93.2 Å². The zero-order chi connectivity index (χ0) is 37.9. The van der Waals surface area contributed by atoms with E-state index in [1.165, 1.54) is 5.01 Å². The molecule has 284 valence electrons. The van der Waals surface area contributed by atoms with Gasteiger partial charge in [0.05, 0.1) is 47.6 Å². The van der Waals surface area contributed by atoms with Gasteiger partial charge in [0.2, 0.25) is 5.91 Å². The molecule has 3 saturated heterocycles. The molecular formula is C38H42Cl2N8O6.